The normalized spacial score (nSPS) is 20.4. The van der Waals surface area contributed by atoms with Crippen LogP contribution in [0.5, 0.6) is 0 Å². The van der Waals surface area contributed by atoms with Gasteiger partial charge in [0.1, 0.15) is 0 Å². The van der Waals surface area contributed by atoms with Crippen molar-refractivity contribution in [2.24, 2.45) is 0 Å². The molecule has 2 N–H and O–H groups in total. The molecule has 4 nitrogen and oxygen atoms in total. The first kappa shape index (κ1) is 11.3. The number of halogens is 2. The molecule has 6 heteroatoms. The highest BCUT2D eigenvalue weighted by atomic mass is 79.9. The highest BCUT2D eigenvalue weighted by Gasteiger charge is 2.19. The Kier molecular flexibility index (Phi) is 3.38. The van der Waals surface area contributed by atoms with E-state index in [9.17, 15) is 9.18 Å². The van der Waals surface area contributed by atoms with Gasteiger partial charge in [-0.05, 0) is 28.4 Å². The number of nitrogens with one attached hydrogen (secondary N) is 2. The van der Waals surface area contributed by atoms with Crippen LogP contribution >= 0.6 is 15.9 Å². The number of carbonyl (C=O) groups excluding carboxylic acids is 1. The zero-order valence-corrected chi connectivity index (χ0v) is 10.1. The molecule has 1 aromatic rings. The fourth-order valence-electron chi connectivity index (χ4n) is 1.57. The second-order valence-electron chi connectivity index (χ2n) is 3.67. The van der Waals surface area contributed by atoms with Crippen molar-refractivity contribution in [3.05, 3.63) is 22.6 Å². The zero-order valence-electron chi connectivity index (χ0n) is 8.46. The summed E-state index contributed by atoms with van der Waals surface area (Å²) in [4.78, 5) is 14.9. The van der Waals surface area contributed by atoms with E-state index in [1.165, 1.54) is 12.3 Å². The third-order valence-electron chi connectivity index (χ3n) is 2.41. The second-order valence-corrected chi connectivity index (χ2v) is 4.58. The fourth-order valence-corrected chi connectivity index (χ4v) is 1.87. The summed E-state index contributed by atoms with van der Waals surface area (Å²) in [6, 6.07) is 1.40. The minimum atomic E-state index is -0.397. The molecular formula is C10H11BrFN3O. The van der Waals surface area contributed by atoms with Gasteiger partial charge >= 0.3 is 0 Å². The number of amides is 1. The number of carbonyl (C=O) groups is 1. The maximum absolute atomic E-state index is 13.4. The fraction of sp³-hybridized carbons (Fsp3) is 0.400. The molecule has 1 amide bonds. The smallest absolute Gasteiger partial charge is 0.220 e. The Morgan fingerprint density at radius 3 is 3.06 bits per heavy atom. The predicted octanol–water partition coefficient (Wildman–Crippen LogP) is 1.67. The lowest BCUT2D eigenvalue weighted by Gasteiger charge is -2.24. The molecule has 16 heavy (non-hydrogen) atoms. The number of nitrogens with zero attached hydrogens (tertiary/aromatic N) is 1. The van der Waals surface area contributed by atoms with E-state index < -0.39 is 5.82 Å². The molecule has 86 valence electrons. The first-order valence-electron chi connectivity index (χ1n) is 4.99. The molecule has 0 radical (unpaired) electrons. The molecule has 1 unspecified atom stereocenters. The minimum absolute atomic E-state index is 0.0425. The second kappa shape index (κ2) is 4.78. The Morgan fingerprint density at radius 1 is 1.62 bits per heavy atom. The first-order valence-corrected chi connectivity index (χ1v) is 5.79. The van der Waals surface area contributed by atoms with Crippen molar-refractivity contribution < 1.29 is 9.18 Å². The molecule has 0 aliphatic carbocycles. The van der Waals surface area contributed by atoms with Gasteiger partial charge in [-0.2, -0.15) is 0 Å². The molecule has 2 heterocycles. The summed E-state index contributed by atoms with van der Waals surface area (Å²) in [6.07, 6.45) is 2.70. The van der Waals surface area contributed by atoms with Crippen LogP contribution in [0.25, 0.3) is 0 Å². The van der Waals surface area contributed by atoms with E-state index >= 15 is 0 Å². The minimum Gasteiger partial charge on any atom is -0.363 e. The van der Waals surface area contributed by atoms with Crippen LogP contribution < -0.4 is 10.6 Å². The number of pyridine rings is 1. The van der Waals surface area contributed by atoms with Gasteiger partial charge in [0.15, 0.2) is 11.6 Å². The van der Waals surface area contributed by atoms with Crippen LogP contribution in [0.4, 0.5) is 10.2 Å². The van der Waals surface area contributed by atoms with Gasteiger partial charge in [-0.1, -0.05) is 0 Å². The Morgan fingerprint density at radius 2 is 2.44 bits per heavy atom. The van der Waals surface area contributed by atoms with Crippen LogP contribution in [0.1, 0.15) is 12.8 Å². The quantitative estimate of drug-likeness (QED) is 0.870. The molecule has 0 bridgehead atoms. The van der Waals surface area contributed by atoms with Crippen LogP contribution in [-0.4, -0.2) is 23.5 Å². The van der Waals surface area contributed by atoms with E-state index in [1.54, 1.807) is 0 Å². The van der Waals surface area contributed by atoms with Gasteiger partial charge in [0.05, 0.1) is 0 Å². The van der Waals surface area contributed by atoms with Crippen molar-refractivity contribution in [2.75, 3.05) is 11.9 Å². The number of anilines is 1. The van der Waals surface area contributed by atoms with Gasteiger partial charge in [-0.3, -0.25) is 4.79 Å². The lowest BCUT2D eigenvalue weighted by molar-refractivity contribution is -0.122. The number of aromatic nitrogens is 1. The summed E-state index contributed by atoms with van der Waals surface area (Å²) in [5, 5.41) is 5.70. The van der Waals surface area contributed by atoms with E-state index in [0.717, 1.165) is 0 Å². The summed E-state index contributed by atoms with van der Waals surface area (Å²) < 4.78 is 14.0. The summed E-state index contributed by atoms with van der Waals surface area (Å²) in [6.45, 7) is 0.510. The van der Waals surface area contributed by atoms with E-state index in [4.69, 9.17) is 0 Å². The third kappa shape index (κ3) is 2.69. The summed E-state index contributed by atoms with van der Waals surface area (Å²) in [5.74, 6) is -0.127. The number of hydrogen-bond donors (Lipinski definition) is 2. The van der Waals surface area contributed by atoms with E-state index in [-0.39, 0.29) is 17.8 Å². The molecule has 2 rings (SSSR count). The highest BCUT2D eigenvalue weighted by molar-refractivity contribution is 9.10. The molecule has 0 spiro atoms. The molecule has 1 aromatic heterocycles. The monoisotopic (exact) mass is 287 g/mol. The molecule has 0 saturated carbocycles. The third-order valence-corrected chi connectivity index (χ3v) is 2.85. The van der Waals surface area contributed by atoms with Gasteiger partial charge in [0, 0.05) is 29.7 Å². The molecule has 0 aromatic carbocycles. The Balaban J connectivity index is 2.01. The molecule has 1 fully saturated rings. The van der Waals surface area contributed by atoms with Crippen molar-refractivity contribution in [3.8, 4) is 0 Å². The van der Waals surface area contributed by atoms with Gasteiger partial charge in [0.2, 0.25) is 5.91 Å². The van der Waals surface area contributed by atoms with Crippen molar-refractivity contribution in [2.45, 2.75) is 18.9 Å². The van der Waals surface area contributed by atoms with Crippen molar-refractivity contribution in [1.29, 1.82) is 0 Å². The van der Waals surface area contributed by atoms with Gasteiger partial charge in [-0.25, -0.2) is 9.37 Å². The lowest BCUT2D eigenvalue weighted by Crippen LogP contribution is -2.42. The van der Waals surface area contributed by atoms with Crippen molar-refractivity contribution >= 4 is 27.7 Å². The first-order chi connectivity index (χ1) is 7.65. The van der Waals surface area contributed by atoms with Crippen LogP contribution in [0.15, 0.2) is 16.7 Å². The molecule has 1 saturated heterocycles. The summed E-state index contributed by atoms with van der Waals surface area (Å²) in [5.41, 5.74) is 0. The Hall–Kier alpha value is -1.17. The van der Waals surface area contributed by atoms with Crippen LogP contribution in [-0.2, 0) is 4.79 Å². The standard InChI is InChI=1S/C10H11BrFN3O/c11-6-3-8(12)10(14-4-6)15-7-1-2-9(16)13-5-7/h3-4,7H,1-2,5H2,(H,13,16)(H,14,15). The van der Waals surface area contributed by atoms with Gasteiger partial charge in [0.25, 0.3) is 0 Å². The largest absolute Gasteiger partial charge is 0.363 e. The maximum atomic E-state index is 13.4. The van der Waals surface area contributed by atoms with Crippen LogP contribution in [0.2, 0.25) is 0 Å². The van der Waals surface area contributed by atoms with Crippen molar-refractivity contribution in [1.82, 2.24) is 10.3 Å². The average Bonchev–Trinajstić information content (AvgIpc) is 2.25. The maximum Gasteiger partial charge on any atom is 0.220 e. The lowest BCUT2D eigenvalue weighted by atomic mass is 10.1. The molecular weight excluding hydrogens is 277 g/mol. The van der Waals surface area contributed by atoms with Gasteiger partial charge in [-0.15, -0.1) is 0 Å². The van der Waals surface area contributed by atoms with Crippen LogP contribution in [0.3, 0.4) is 0 Å². The van der Waals surface area contributed by atoms with Crippen LogP contribution in [0, 0.1) is 5.82 Å². The molecule has 1 aliphatic heterocycles. The molecule has 1 aliphatic rings. The highest BCUT2D eigenvalue weighted by Crippen LogP contribution is 2.18. The van der Waals surface area contributed by atoms with E-state index in [1.807, 2.05) is 0 Å². The van der Waals surface area contributed by atoms with E-state index in [2.05, 4.69) is 31.5 Å². The SMILES string of the molecule is O=C1CCC(Nc2ncc(Br)cc2F)CN1. The Bertz CT molecular complexity index is 403. The zero-order chi connectivity index (χ0) is 11.5. The summed E-state index contributed by atoms with van der Waals surface area (Å²) in [7, 11) is 0. The number of rotatable bonds is 2. The Labute approximate surface area is 101 Å². The summed E-state index contributed by atoms with van der Waals surface area (Å²) >= 11 is 3.14. The average molecular weight is 288 g/mol. The number of hydrogen-bond acceptors (Lipinski definition) is 3. The van der Waals surface area contributed by atoms with Gasteiger partial charge < -0.3 is 10.6 Å². The molecule has 1 atom stereocenters. The number of piperidine rings is 1. The van der Waals surface area contributed by atoms with Crippen molar-refractivity contribution in [3.63, 3.8) is 0 Å². The van der Waals surface area contributed by atoms with E-state index in [0.29, 0.717) is 23.9 Å². The predicted molar refractivity (Wildman–Crippen MR) is 61.5 cm³/mol. The topological polar surface area (TPSA) is 54.0 Å².